The van der Waals surface area contributed by atoms with Gasteiger partial charge in [-0.3, -0.25) is 14.2 Å². The van der Waals surface area contributed by atoms with Crippen molar-refractivity contribution in [2.24, 2.45) is 0 Å². The zero-order valence-electron chi connectivity index (χ0n) is 11.6. The summed E-state index contributed by atoms with van der Waals surface area (Å²) in [7, 11) is 0. The third-order valence-corrected chi connectivity index (χ3v) is 5.05. The number of hydrogen-bond acceptors (Lipinski definition) is 5. The van der Waals surface area contributed by atoms with Crippen molar-refractivity contribution in [3.63, 3.8) is 0 Å². The predicted octanol–water partition coefficient (Wildman–Crippen LogP) is 0.171. The van der Waals surface area contributed by atoms with Crippen LogP contribution in [0.2, 0.25) is 0 Å². The molecule has 0 aromatic carbocycles. The molecule has 0 bridgehead atoms. The molecule has 1 aromatic rings. The van der Waals surface area contributed by atoms with E-state index in [0.29, 0.717) is 18.2 Å². The van der Waals surface area contributed by atoms with E-state index in [-0.39, 0.29) is 29.1 Å². The van der Waals surface area contributed by atoms with Crippen LogP contribution in [0.5, 0.6) is 0 Å². The molecule has 1 fully saturated rings. The van der Waals surface area contributed by atoms with Crippen LogP contribution in [-0.4, -0.2) is 51.3 Å². The van der Waals surface area contributed by atoms with Crippen molar-refractivity contribution in [2.45, 2.75) is 37.6 Å². The molecule has 108 valence electrons. The molecule has 2 aliphatic rings. The summed E-state index contributed by atoms with van der Waals surface area (Å²) in [5.41, 5.74) is -0.0133. The summed E-state index contributed by atoms with van der Waals surface area (Å²) >= 11 is 1.56. The van der Waals surface area contributed by atoms with Gasteiger partial charge in [0.05, 0.1) is 0 Å². The Balaban J connectivity index is 1.93. The van der Waals surface area contributed by atoms with Crippen molar-refractivity contribution in [1.29, 1.82) is 0 Å². The lowest BCUT2D eigenvalue weighted by Gasteiger charge is -2.38. The topological polar surface area (TPSA) is 67.2 Å². The molecule has 1 aromatic heterocycles. The van der Waals surface area contributed by atoms with Crippen LogP contribution in [0, 0.1) is 0 Å². The molecular formula is C13H18N4O2S. The smallest absolute Gasteiger partial charge is 0.267 e. The molecule has 0 spiro atoms. The van der Waals surface area contributed by atoms with Gasteiger partial charge in [0.1, 0.15) is 5.56 Å². The maximum absolute atomic E-state index is 12.6. The summed E-state index contributed by atoms with van der Waals surface area (Å²) in [6.45, 7) is 6.07. The number of rotatable bonds is 1. The number of carbonyl (C=O) groups is 1. The second-order valence-electron chi connectivity index (χ2n) is 5.24. The van der Waals surface area contributed by atoms with Gasteiger partial charge in [0.25, 0.3) is 11.5 Å². The maximum atomic E-state index is 12.6. The van der Waals surface area contributed by atoms with Gasteiger partial charge in [0, 0.05) is 43.7 Å². The molecule has 0 radical (unpaired) electrons. The Morgan fingerprint density at radius 2 is 2.25 bits per heavy atom. The van der Waals surface area contributed by atoms with Crippen LogP contribution in [-0.2, 0) is 6.54 Å². The van der Waals surface area contributed by atoms with Gasteiger partial charge in [-0.25, -0.2) is 4.98 Å². The lowest BCUT2D eigenvalue weighted by molar-refractivity contribution is 0.0599. The first-order chi connectivity index (χ1) is 9.59. The molecule has 3 rings (SSSR count). The van der Waals surface area contributed by atoms with Crippen LogP contribution in [0.25, 0.3) is 0 Å². The number of piperazine rings is 1. The highest BCUT2D eigenvalue weighted by atomic mass is 32.2. The Morgan fingerprint density at radius 1 is 1.45 bits per heavy atom. The minimum absolute atomic E-state index is 0.0725. The monoisotopic (exact) mass is 294 g/mol. The Kier molecular flexibility index (Phi) is 3.55. The first-order valence-corrected chi connectivity index (χ1v) is 7.85. The lowest BCUT2D eigenvalue weighted by Crippen LogP contribution is -2.57. The van der Waals surface area contributed by atoms with Gasteiger partial charge in [-0.2, -0.15) is 0 Å². The number of thioether (sulfide) groups is 1. The third-order valence-electron chi connectivity index (χ3n) is 4.08. The average Bonchev–Trinajstić information content (AvgIpc) is 2.91. The molecule has 6 nitrogen and oxygen atoms in total. The zero-order valence-corrected chi connectivity index (χ0v) is 12.4. The van der Waals surface area contributed by atoms with Gasteiger partial charge < -0.3 is 10.2 Å². The highest BCUT2D eigenvalue weighted by Gasteiger charge is 2.31. The fourth-order valence-corrected chi connectivity index (χ4v) is 3.58. The molecule has 1 amide bonds. The van der Waals surface area contributed by atoms with Crippen molar-refractivity contribution in [2.75, 3.05) is 18.8 Å². The summed E-state index contributed by atoms with van der Waals surface area (Å²) in [4.78, 5) is 31.0. The summed E-state index contributed by atoms with van der Waals surface area (Å²) < 4.78 is 1.61. The van der Waals surface area contributed by atoms with Crippen LogP contribution >= 0.6 is 11.8 Å². The highest BCUT2D eigenvalue weighted by molar-refractivity contribution is 7.99. The largest absolute Gasteiger partial charge is 0.333 e. The fourth-order valence-electron chi connectivity index (χ4n) is 2.66. The Morgan fingerprint density at radius 3 is 3.05 bits per heavy atom. The third kappa shape index (κ3) is 2.14. The fraction of sp³-hybridized carbons (Fsp3) is 0.615. The van der Waals surface area contributed by atoms with E-state index in [4.69, 9.17) is 0 Å². The molecule has 0 saturated carbocycles. The maximum Gasteiger partial charge on any atom is 0.267 e. The number of carbonyl (C=O) groups excluding carboxylic acids is 1. The Labute approximate surface area is 121 Å². The molecule has 2 atom stereocenters. The van der Waals surface area contributed by atoms with E-state index in [0.717, 1.165) is 12.3 Å². The highest BCUT2D eigenvalue weighted by Crippen LogP contribution is 2.21. The summed E-state index contributed by atoms with van der Waals surface area (Å²) in [6.07, 6.45) is 1.44. The summed E-state index contributed by atoms with van der Waals surface area (Å²) in [6, 6.07) is 0.302. The van der Waals surface area contributed by atoms with Gasteiger partial charge in [0.15, 0.2) is 5.16 Å². The first kappa shape index (κ1) is 13.6. The molecule has 20 heavy (non-hydrogen) atoms. The summed E-state index contributed by atoms with van der Waals surface area (Å²) in [5, 5.41) is 4.04. The SMILES string of the molecule is CC1NCCN(C(=O)c2cnc3n(c2=O)CCS3)C1C. The second-order valence-corrected chi connectivity index (χ2v) is 6.30. The number of aromatic nitrogens is 2. The first-order valence-electron chi connectivity index (χ1n) is 6.86. The van der Waals surface area contributed by atoms with E-state index in [1.54, 1.807) is 21.2 Å². The van der Waals surface area contributed by atoms with E-state index in [9.17, 15) is 9.59 Å². The van der Waals surface area contributed by atoms with Crippen LogP contribution in [0.1, 0.15) is 24.2 Å². The van der Waals surface area contributed by atoms with Gasteiger partial charge in [-0.05, 0) is 13.8 Å². The van der Waals surface area contributed by atoms with Crippen LogP contribution in [0.15, 0.2) is 16.1 Å². The van der Waals surface area contributed by atoms with Gasteiger partial charge in [-0.1, -0.05) is 11.8 Å². The van der Waals surface area contributed by atoms with Crippen molar-refractivity contribution in [3.8, 4) is 0 Å². The van der Waals surface area contributed by atoms with E-state index in [1.165, 1.54) is 6.20 Å². The van der Waals surface area contributed by atoms with E-state index in [1.807, 2.05) is 6.92 Å². The van der Waals surface area contributed by atoms with Gasteiger partial charge in [0.2, 0.25) is 0 Å². The van der Waals surface area contributed by atoms with Crippen molar-refractivity contribution in [1.82, 2.24) is 19.8 Å². The summed E-state index contributed by atoms with van der Waals surface area (Å²) in [5.74, 6) is 0.650. The van der Waals surface area contributed by atoms with Gasteiger partial charge >= 0.3 is 0 Å². The molecule has 0 aliphatic carbocycles. The standard InChI is InChI=1S/C13H18N4O2S/c1-8-9(2)16(4-3-14-8)11(18)10-7-15-13-17(12(10)19)5-6-20-13/h7-9,14H,3-6H2,1-2H3. The molecule has 2 aliphatic heterocycles. The second kappa shape index (κ2) is 5.21. The van der Waals surface area contributed by atoms with Gasteiger partial charge in [-0.15, -0.1) is 0 Å². The number of nitrogens with zero attached hydrogens (tertiary/aromatic N) is 3. The van der Waals surface area contributed by atoms with Crippen LogP contribution < -0.4 is 10.9 Å². The lowest BCUT2D eigenvalue weighted by atomic mass is 10.1. The Bertz CT molecular complexity index is 601. The van der Waals surface area contributed by atoms with E-state index < -0.39 is 0 Å². The molecular weight excluding hydrogens is 276 g/mol. The van der Waals surface area contributed by atoms with Crippen molar-refractivity contribution in [3.05, 3.63) is 22.1 Å². The molecule has 7 heteroatoms. The number of hydrogen-bond donors (Lipinski definition) is 1. The molecule has 1 saturated heterocycles. The number of amides is 1. The van der Waals surface area contributed by atoms with E-state index in [2.05, 4.69) is 17.2 Å². The molecule has 3 heterocycles. The van der Waals surface area contributed by atoms with Crippen molar-refractivity contribution < 1.29 is 4.79 Å². The van der Waals surface area contributed by atoms with Crippen molar-refractivity contribution >= 4 is 17.7 Å². The minimum atomic E-state index is -0.205. The number of nitrogens with one attached hydrogen (secondary N) is 1. The predicted molar refractivity (Wildman–Crippen MR) is 77.2 cm³/mol. The minimum Gasteiger partial charge on any atom is -0.333 e. The van der Waals surface area contributed by atoms with Crippen LogP contribution in [0.4, 0.5) is 0 Å². The number of fused-ring (bicyclic) bond motifs is 1. The average molecular weight is 294 g/mol. The van der Waals surface area contributed by atoms with Crippen LogP contribution in [0.3, 0.4) is 0 Å². The Hall–Kier alpha value is -1.34. The van der Waals surface area contributed by atoms with E-state index >= 15 is 0 Å². The quantitative estimate of drug-likeness (QED) is 0.748. The molecule has 2 unspecified atom stereocenters. The normalized spacial score (nSPS) is 25.6. The zero-order chi connectivity index (χ0) is 14.3. The molecule has 1 N–H and O–H groups in total.